The Hall–Kier alpha value is -2.04. The number of hydrogen-bond acceptors (Lipinski definition) is 5. The Morgan fingerprint density at radius 1 is 1.08 bits per heavy atom. The molecule has 2 aromatic rings. The molecule has 0 saturated heterocycles. The van der Waals surface area contributed by atoms with Crippen molar-refractivity contribution in [3.63, 3.8) is 0 Å². The van der Waals surface area contributed by atoms with Crippen LogP contribution in [0.25, 0.3) is 11.4 Å². The van der Waals surface area contributed by atoms with E-state index in [-0.39, 0.29) is 0 Å². The predicted octanol–water partition coefficient (Wildman–Crippen LogP) is 0.516. The summed E-state index contributed by atoms with van der Waals surface area (Å²) in [7, 11) is 0. The van der Waals surface area contributed by atoms with Gasteiger partial charge in [-0.25, -0.2) is 19.9 Å². The SMILES string of the molecule is Nc1cc(-c2ncncn2)ccn1. The number of nitrogen functional groups attached to an aromatic ring is 1. The number of rotatable bonds is 1. The van der Waals surface area contributed by atoms with Crippen LogP contribution in [0.2, 0.25) is 0 Å². The highest BCUT2D eigenvalue weighted by molar-refractivity contribution is 5.57. The molecule has 0 bridgehead atoms. The van der Waals surface area contributed by atoms with E-state index in [1.54, 1.807) is 18.3 Å². The minimum Gasteiger partial charge on any atom is -0.384 e. The van der Waals surface area contributed by atoms with E-state index in [0.29, 0.717) is 11.6 Å². The molecule has 2 rings (SSSR count). The summed E-state index contributed by atoms with van der Waals surface area (Å²) in [6.07, 6.45) is 4.51. The molecule has 0 unspecified atom stereocenters. The van der Waals surface area contributed by atoms with Gasteiger partial charge in [-0.1, -0.05) is 0 Å². The quantitative estimate of drug-likeness (QED) is 0.680. The molecule has 0 aliphatic rings. The van der Waals surface area contributed by atoms with E-state index in [0.717, 1.165) is 5.56 Å². The van der Waals surface area contributed by atoms with E-state index in [4.69, 9.17) is 5.73 Å². The first-order valence-corrected chi connectivity index (χ1v) is 3.70. The van der Waals surface area contributed by atoms with Gasteiger partial charge in [-0.3, -0.25) is 0 Å². The fraction of sp³-hybridized carbons (Fsp3) is 0. The molecule has 0 spiro atoms. The molecule has 0 aromatic carbocycles. The van der Waals surface area contributed by atoms with Crippen molar-refractivity contribution in [3.05, 3.63) is 31.0 Å². The molecule has 0 radical (unpaired) electrons. The van der Waals surface area contributed by atoms with Crippen LogP contribution in [0.15, 0.2) is 31.0 Å². The first kappa shape index (κ1) is 7.60. The van der Waals surface area contributed by atoms with E-state index in [2.05, 4.69) is 19.9 Å². The highest BCUT2D eigenvalue weighted by atomic mass is 15.0. The van der Waals surface area contributed by atoms with Gasteiger partial charge in [0.1, 0.15) is 18.5 Å². The summed E-state index contributed by atoms with van der Waals surface area (Å²) in [5, 5.41) is 0. The second-order valence-electron chi connectivity index (χ2n) is 2.43. The average molecular weight is 173 g/mol. The lowest BCUT2D eigenvalue weighted by Crippen LogP contribution is -1.92. The van der Waals surface area contributed by atoms with E-state index in [1.165, 1.54) is 12.7 Å². The molecule has 0 saturated carbocycles. The molecule has 0 fully saturated rings. The maximum atomic E-state index is 5.51. The molecule has 0 aliphatic carbocycles. The average Bonchev–Trinajstić information content (AvgIpc) is 2.19. The number of pyridine rings is 1. The van der Waals surface area contributed by atoms with Gasteiger partial charge in [-0.2, -0.15) is 0 Å². The number of aromatic nitrogens is 4. The standard InChI is InChI=1S/C8H7N5/c9-7-3-6(1-2-11-7)8-12-4-10-5-13-8/h1-5H,(H2,9,11). The Bertz CT molecular complexity index is 400. The van der Waals surface area contributed by atoms with E-state index >= 15 is 0 Å². The molecule has 0 atom stereocenters. The van der Waals surface area contributed by atoms with Gasteiger partial charge in [0, 0.05) is 11.8 Å². The van der Waals surface area contributed by atoms with Crippen molar-refractivity contribution in [2.45, 2.75) is 0 Å². The van der Waals surface area contributed by atoms with Crippen LogP contribution in [0.1, 0.15) is 0 Å². The number of anilines is 1. The van der Waals surface area contributed by atoms with Crippen molar-refractivity contribution in [3.8, 4) is 11.4 Å². The van der Waals surface area contributed by atoms with Crippen LogP contribution in [-0.4, -0.2) is 19.9 Å². The Morgan fingerprint density at radius 2 is 1.85 bits per heavy atom. The second kappa shape index (κ2) is 3.14. The molecule has 2 aromatic heterocycles. The zero-order valence-electron chi connectivity index (χ0n) is 6.75. The fourth-order valence-electron chi connectivity index (χ4n) is 0.976. The van der Waals surface area contributed by atoms with Crippen LogP contribution in [0.3, 0.4) is 0 Å². The molecule has 2 N–H and O–H groups in total. The van der Waals surface area contributed by atoms with Gasteiger partial charge in [0.2, 0.25) is 0 Å². The minimum absolute atomic E-state index is 0.456. The lowest BCUT2D eigenvalue weighted by molar-refractivity contribution is 1.05. The molecule has 5 nitrogen and oxygen atoms in total. The molecule has 5 heteroatoms. The number of nitrogens with two attached hydrogens (primary N) is 1. The molecule has 13 heavy (non-hydrogen) atoms. The Balaban J connectivity index is 2.48. The van der Waals surface area contributed by atoms with Crippen LogP contribution < -0.4 is 5.73 Å². The van der Waals surface area contributed by atoms with Gasteiger partial charge < -0.3 is 5.73 Å². The number of nitrogens with zero attached hydrogens (tertiary/aromatic N) is 4. The van der Waals surface area contributed by atoms with Gasteiger partial charge in [0.05, 0.1) is 0 Å². The maximum Gasteiger partial charge on any atom is 0.162 e. The van der Waals surface area contributed by atoms with Crippen LogP contribution in [-0.2, 0) is 0 Å². The van der Waals surface area contributed by atoms with Crippen LogP contribution in [0, 0.1) is 0 Å². The van der Waals surface area contributed by atoms with Gasteiger partial charge in [-0.15, -0.1) is 0 Å². The lowest BCUT2D eigenvalue weighted by atomic mass is 10.2. The predicted molar refractivity (Wildman–Crippen MR) is 47.5 cm³/mol. The van der Waals surface area contributed by atoms with Gasteiger partial charge in [0.25, 0.3) is 0 Å². The highest BCUT2D eigenvalue weighted by Gasteiger charge is 1.99. The zero-order chi connectivity index (χ0) is 9.10. The summed E-state index contributed by atoms with van der Waals surface area (Å²) in [5.41, 5.74) is 6.36. The summed E-state index contributed by atoms with van der Waals surface area (Å²) in [5.74, 6) is 1.06. The first-order valence-electron chi connectivity index (χ1n) is 3.70. The van der Waals surface area contributed by atoms with E-state index < -0.39 is 0 Å². The summed E-state index contributed by atoms with van der Waals surface area (Å²) < 4.78 is 0. The van der Waals surface area contributed by atoms with Crippen LogP contribution >= 0.6 is 0 Å². The molecular weight excluding hydrogens is 166 g/mol. The Labute approximate surface area is 74.7 Å². The number of hydrogen-bond donors (Lipinski definition) is 1. The third-order valence-electron chi connectivity index (χ3n) is 1.53. The third-order valence-corrected chi connectivity index (χ3v) is 1.53. The summed E-state index contributed by atoms with van der Waals surface area (Å²) in [4.78, 5) is 15.6. The van der Waals surface area contributed by atoms with Crippen molar-refractivity contribution < 1.29 is 0 Å². The van der Waals surface area contributed by atoms with Crippen molar-refractivity contribution >= 4 is 5.82 Å². The van der Waals surface area contributed by atoms with Crippen LogP contribution in [0.4, 0.5) is 5.82 Å². The van der Waals surface area contributed by atoms with Crippen LogP contribution in [0.5, 0.6) is 0 Å². The molecule has 0 amide bonds. The third kappa shape index (κ3) is 1.58. The Morgan fingerprint density at radius 3 is 2.54 bits per heavy atom. The monoisotopic (exact) mass is 173 g/mol. The fourth-order valence-corrected chi connectivity index (χ4v) is 0.976. The summed E-state index contributed by atoms with van der Waals surface area (Å²) in [6.45, 7) is 0. The Kier molecular flexibility index (Phi) is 1.84. The molecule has 0 aliphatic heterocycles. The second-order valence-corrected chi connectivity index (χ2v) is 2.43. The molecular formula is C8H7N5. The topological polar surface area (TPSA) is 77.6 Å². The maximum absolute atomic E-state index is 5.51. The smallest absolute Gasteiger partial charge is 0.162 e. The van der Waals surface area contributed by atoms with Gasteiger partial charge in [-0.05, 0) is 12.1 Å². The zero-order valence-corrected chi connectivity index (χ0v) is 6.75. The molecule has 2 heterocycles. The van der Waals surface area contributed by atoms with E-state index in [9.17, 15) is 0 Å². The van der Waals surface area contributed by atoms with Gasteiger partial charge in [0.15, 0.2) is 5.82 Å². The summed E-state index contributed by atoms with van der Waals surface area (Å²) in [6, 6.07) is 3.51. The van der Waals surface area contributed by atoms with Crippen molar-refractivity contribution in [2.24, 2.45) is 0 Å². The first-order chi connectivity index (χ1) is 6.36. The van der Waals surface area contributed by atoms with Crippen molar-refractivity contribution in [2.75, 3.05) is 5.73 Å². The van der Waals surface area contributed by atoms with Crippen molar-refractivity contribution in [1.29, 1.82) is 0 Å². The minimum atomic E-state index is 0.456. The lowest BCUT2D eigenvalue weighted by Gasteiger charge is -1.98. The van der Waals surface area contributed by atoms with E-state index in [1.807, 2.05) is 0 Å². The van der Waals surface area contributed by atoms with Gasteiger partial charge >= 0.3 is 0 Å². The molecule has 64 valence electrons. The van der Waals surface area contributed by atoms with Crippen molar-refractivity contribution in [1.82, 2.24) is 19.9 Å². The summed E-state index contributed by atoms with van der Waals surface area (Å²) >= 11 is 0. The largest absolute Gasteiger partial charge is 0.384 e. The normalized spacial score (nSPS) is 9.85. The highest BCUT2D eigenvalue weighted by Crippen LogP contribution is 2.13.